The Morgan fingerprint density at radius 2 is 2.00 bits per heavy atom. The molecule has 1 aromatic heterocycles. The molecule has 0 spiro atoms. The monoisotopic (exact) mass is 158 g/mol. The molecule has 1 aromatic rings. The molecule has 1 rings (SSSR count). The second-order valence-electron chi connectivity index (χ2n) is 1.46. The van der Waals surface area contributed by atoms with E-state index in [4.69, 9.17) is 4.74 Å². The summed E-state index contributed by atoms with van der Waals surface area (Å²) in [5.74, 6) is 0. The van der Waals surface area contributed by atoms with Crippen molar-refractivity contribution in [3.63, 3.8) is 0 Å². The van der Waals surface area contributed by atoms with E-state index in [9.17, 15) is 0 Å². The summed E-state index contributed by atoms with van der Waals surface area (Å²) in [5.41, 5.74) is 0. The molecular formula is C6H11N2OP. The average Bonchev–Trinajstić information content (AvgIpc) is 1.91. The van der Waals surface area contributed by atoms with Crippen molar-refractivity contribution in [3.8, 4) is 6.01 Å². The summed E-state index contributed by atoms with van der Waals surface area (Å²) in [6, 6.07) is 2.20. The lowest BCUT2D eigenvalue weighted by atomic mass is 10.7. The molecule has 1 atom stereocenters. The molecule has 56 valence electrons. The van der Waals surface area contributed by atoms with Gasteiger partial charge in [-0.2, -0.15) is 9.90 Å². The van der Waals surface area contributed by atoms with Gasteiger partial charge in [0.05, 0.1) is 6.61 Å². The molecule has 0 aliphatic heterocycles. The summed E-state index contributed by atoms with van der Waals surface area (Å²) < 4.78 is 4.98. The van der Waals surface area contributed by atoms with Crippen LogP contribution in [-0.4, -0.2) is 16.6 Å². The predicted molar refractivity (Wildman–Crippen MR) is 44.3 cm³/mol. The minimum absolute atomic E-state index is 0. The highest BCUT2D eigenvalue weighted by atomic mass is 31.0. The van der Waals surface area contributed by atoms with E-state index < -0.39 is 0 Å². The molecule has 0 amide bonds. The van der Waals surface area contributed by atoms with Crippen LogP contribution in [0.4, 0.5) is 0 Å². The third-order valence-corrected chi connectivity index (χ3v) is 0.816. The van der Waals surface area contributed by atoms with Gasteiger partial charge in [0, 0.05) is 12.4 Å². The Labute approximate surface area is 63.5 Å². The van der Waals surface area contributed by atoms with Crippen molar-refractivity contribution in [1.29, 1.82) is 0 Å². The lowest BCUT2D eigenvalue weighted by molar-refractivity contribution is 0.312. The van der Waals surface area contributed by atoms with E-state index >= 15 is 0 Å². The zero-order valence-electron chi connectivity index (χ0n) is 5.95. The molecule has 4 heteroatoms. The Morgan fingerprint density at radius 1 is 1.40 bits per heavy atom. The van der Waals surface area contributed by atoms with E-state index in [0.717, 1.165) is 0 Å². The fraction of sp³-hybridized carbons (Fsp3) is 0.333. The van der Waals surface area contributed by atoms with Crippen LogP contribution < -0.4 is 4.74 Å². The molecule has 1 heterocycles. The Hall–Kier alpha value is -0.690. The van der Waals surface area contributed by atoms with Crippen LogP contribution in [0, 0.1) is 0 Å². The normalized spacial score (nSPS) is 8.10. The van der Waals surface area contributed by atoms with Gasteiger partial charge in [0.25, 0.3) is 0 Å². The Balaban J connectivity index is 0.000000810. The molecular weight excluding hydrogens is 147 g/mol. The summed E-state index contributed by atoms with van der Waals surface area (Å²) in [6.45, 7) is 2.51. The molecule has 0 aliphatic rings. The van der Waals surface area contributed by atoms with Crippen molar-refractivity contribution in [2.75, 3.05) is 6.61 Å². The molecule has 0 bridgehead atoms. The number of hydrogen-bond acceptors (Lipinski definition) is 3. The number of ether oxygens (including phenoxy) is 1. The standard InChI is InChI=1S/C6H8N2O.H3P/c1-2-9-6-7-4-3-5-8-6;/h3-5H,2H2,1H3;1H3. The van der Waals surface area contributed by atoms with E-state index in [2.05, 4.69) is 9.97 Å². The van der Waals surface area contributed by atoms with Crippen LogP contribution in [0.1, 0.15) is 6.92 Å². The second-order valence-corrected chi connectivity index (χ2v) is 1.46. The van der Waals surface area contributed by atoms with Crippen molar-refractivity contribution in [3.05, 3.63) is 18.5 Å². The van der Waals surface area contributed by atoms with Gasteiger partial charge < -0.3 is 4.74 Å². The van der Waals surface area contributed by atoms with Crippen molar-refractivity contribution < 1.29 is 4.74 Å². The van der Waals surface area contributed by atoms with Gasteiger partial charge in [0.15, 0.2) is 0 Å². The Kier molecular flexibility index (Phi) is 4.77. The summed E-state index contributed by atoms with van der Waals surface area (Å²) in [7, 11) is 0. The van der Waals surface area contributed by atoms with E-state index in [-0.39, 0.29) is 9.90 Å². The van der Waals surface area contributed by atoms with Gasteiger partial charge >= 0.3 is 6.01 Å². The molecule has 10 heavy (non-hydrogen) atoms. The largest absolute Gasteiger partial charge is 0.464 e. The Morgan fingerprint density at radius 3 is 2.50 bits per heavy atom. The molecule has 0 saturated carbocycles. The molecule has 0 aliphatic carbocycles. The molecule has 0 radical (unpaired) electrons. The lowest BCUT2D eigenvalue weighted by Gasteiger charge is -1.95. The average molecular weight is 158 g/mol. The SMILES string of the molecule is CCOc1ncccn1.P. The van der Waals surface area contributed by atoms with Gasteiger partial charge in [0.1, 0.15) is 0 Å². The van der Waals surface area contributed by atoms with Gasteiger partial charge in [-0.3, -0.25) is 0 Å². The first-order valence-corrected chi connectivity index (χ1v) is 2.83. The highest BCUT2D eigenvalue weighted by molar-refractivity contribution is 6.92. The van der Waals surface area contributed by atoms with Crippen LogP contribution in [0.25, 0.3) is 0 Å². The second kappa shape index (κ2) is 5.12. The van der Waals surface area contributed by atoms with Crippen LogP contribution in [0.5, 0.6) is 6.01 Å². The fourth-order valence-corrected chi connectivity index (χ4v) is 0.489. The van der Waals surface area contributed by atoms with Crippen LogP contribution in [-0.2, 0) is 0 Å². The van der Waals surface area contributed by atoms with Crippen LogP contribution >= 0.6 is 9.90 Å². The first-order valence-electron chi connectivity index (χ1n) is 2.83. The fourth-order valence-electron chi connectivity index (χ4n) is 0.489. The lowest BCUT2D eigenvalue weighted by Crippen LogP contribution is -1.95. The number of hydrogen-bond donors (Lipinski definition) is 0. The third-order valence-electron chi connectivity index (χ3n) is 0.816. The van der Waals surface area contributed by atoms with Gasteiger partial charge in [-0.25, -0.2) is 9.97 Å². The van der Waals surface area contributed by atoms with Crippen LogP contribution in [0.15, 0.2) is 18.5 Å². The van der Waals surface area contributed by atoms with Gasteiger partial charge in [-0.1, -0.05) is 0 Å². The van der Waals surface area contributed by atoms with E-state index in [1.54, 1.807) is 18.5 Å². The molecule has 1 unspecified atom stereocenters. The quantitative estimate of drug-likeness (QED) is 0.600. The summed E-state index contributed by atoms with van der Waals surface area (Å²) in [4.78, 5) is 7.67. The van der Waals surface area contributed by atoms with E-state index in [1.807, 2.05) is 6.92 Å². The molecule has 0 aromatic carbocycles. The highest BCUT2D eigenvalue weighted by Crippen LogP contribution is 1.95. The maximum Gasteiger partial charge on any atom is 0.316 e. The Bertz CT molecular complexity index is 169. The maximum atomic E-state index is 4.98. The molecule has 0 saturated heterocycles. The summed E-state index contributed by atoms with van der Waals surface area (Å²) in [6.07, 6.45) is 3.30. The topological polar surface area (TPSA) is 35.0 Å². The van der Waals surface area contributed by atoms with Crippen LogP contribution in [0.2, 0.25) is 0 Å². The zero-order valence-corrected chi connectivity index (χ0v) is 7.36. The van der Waals surface area contributed by atoms with Gasteiger partial charge in [0.2, 0.25) is 0 Å². The van der Waals surface area contributed by atoms with Crippen molar-refractivity contribution in [2.24, 2.45) is 0 Å². The van der Waals surface area contributed by atoms with Crippen molar-refractivity contribution >= 4 is 9.90 Å². The van der Waals surface area contributed by atoms with Gasteiger partial charge in [-0.15, -0.1) is 0 Å². The molecule has 0 N–H and O–H groups in total. The first kappa shape index (κ1) is 9.31. The van der Waals surface area contributed by atoms with E-state index in [1.165, 1.54) is 0 Å². The molecule has 0 fully saturated rings. The number of aromatic nitrogens is 2. The maximum absolute atomic E-state index is 4.98. The predicted octanol–water partition coefficient (Wildman–Crippen LogP) is 0.933. The summed E-state index contributed by atoms with van der Waals surface area (Å²) in [5, 5.41) is 0. The third kappa shape index (κ3) is 2.74. The van der Waals surface area contributed by atoms with Crippen LogP contribution in [0.3, 0.4) is 0 Å². The van der Waals surface area contributed by atoms with Crippen molar-refractivity contribution in [2.45, 2.75) is 6.92 Å². The summed E-state index contributed by atoms with van der Waals surface area (Å²) >= 11 is 0. The minimum Gasteiger partial charge on any atom is -0.464 e. The van der Waals surface area contributed by atoms with Gasteiger partial charge in [-0.05, 0) is 13.0 Å². The molecule has 3 nitrogen and oxygen atoms in total. The smallest absolute Gasteiger partial charge is 0.316 e. The first-order chi connectivity index (χ1) is 4.43. The zero-order chi connectivity index (χ0) is 6.53. The number of rotatable bonds is 2. The minimum atomic E-state index is 0. The highest BCUT2D eigenvalue weighted by Gasteiger charge is 1.87. The van der Waals surface area contributed by atoms with E-state index in [0.29, 0.717) is 12.6 Å². The van der Waals surface area contributed by atoms with Crippen molar-refractivity contribution in [1.82, 2.24) is 9.97 Å². The number of nitrogens with zero attached hydrogens (tertiary/aromatic N) is 2.